The van der Waals surface area contributed by atoms with Gasteiger partial charge in [-0.25, -0.2) is 9.97 Å². The predicted molar refractivity (Wildman–Crippen MR) is 106 cm³/mol. The molecule has 2 aliphatic heterocycles. The SMILES string of the molecule is CN(C(=O)c1cc2c3c(c(N)nc2cn1)COC3)[C@@H]1COc2cc(OC(F)F)ccc21. The number of nitrogens with two attached hydrogens (primary N) is 1. The lowest BCUT2D eigenvalue weighted by Crippen LogP contribution is -2.32. The Hall–Kier alpha value is -3.53. The van der Waals surface area contributed by atoms with Gasteiger partial charge in [-0.2, -0.15) is 8.78 Å². The van der Waals surface area contributed by atoms with Crippen LogP contribution in [0.15, 0.2) is 30.5 Å². The maximum Gasteiger partial charge on any atom is 0.387 e. The van der Waals surface area contributed by atoms with Crippen LogP contribution in [0.5, 0.6) is 11.5 Å². The number of carbonyl (C=O) groups excluding carboxylic acids is 1. The van der Waals surface area contributed by atoms with Crippen LogP contribution in [0.3, 0.4) is 0 Å². The summed E-state index contributed by atoms with van der Waals surface area (Å²) in [5.74, 6) is 0.514. The monoisotopic (exact) mass is 428 g/mol. The predicted octanol–water partition coefficient (Wildman–Crippen LogP) is 3.05. The Morgan fingerprint density at radius 1 is 1.29 bits per heavy atom. The number of nitrogens with zero attached hydrogens (tertiary/aromatic N) is 3. The molecule has 2 aliphatic rings. The van der Waals surface area contributed by atoms with Crippen molar-refractivity contribution in [3.8, 4) is 11.5 Å². The Morgan fingerprint density at radius 3 is 2.90 bits per heavy atom. The molecule has 0 saturated carbocycles. The highest BCUT2D eigenvalue weighted by Gasteiger charge is 2.32. The van der Waals surface area contributed by atoms with E-state index in [4.69, 9.17) is 15.2 Å². The minimum atomic E-state index is -2.92. The third-order valence-electron chi connectivity index (χ3n) is 5.59. The van der Waals surface area contributed by atoms with Gasteiger partial charge in [0.25, 0.3) is 5.91 Å². The first-order valence-electron chi connectivity index (χ1n) is 9.56. The molecule has 1 aromatic carbocycles. The molecule has 5 rings (SSSR count). The molecule has 1 atom stereocenters. The van der Waals surface area contributed by atoms with Crippen molar-refractivity contribution in [3.05, 3.63) is 52.8 Å². The van der Waals surface area contributed by atoms with Crippen LogP contribution >= 0.6 is 0 Å². The number of alkyl halides is 2. The summed E-state index contributed by atoms with van der Waals surface area (Å²) in [6.45, 7) is -1.93. The second kappa shape index (κ2) is 7.31. The van der Waals surface area contributed by atoms with Crippen molar-refractivity contribution < 1.29 is 27.8 Å². The second-order valence-electron chi connectivity index (χ2n) is 7.35. The molecule has 10 heteroatoms. The zero-order chi connectivity index (χ0) is 21.7. The fraction of sp³-hybridized carbons (Fsp3) is 0.286. The molecule has 0 saturated heterocycles. The number of nitrogen functional groups attached to an aromatic ring is 1. The number of carbonyl (C=O) groups is 1. The number of hydrogen-bond donors (Lipinski definition) is 1. The number of aromatic nitrogens is 2. The van der Waals surface area contributed by atoms with E-state index >= 15 is 0 Å². The summed E-state index contributed by atoms with van der Waals surface area (Å²) in [5.41, 5.74) is 9.31. The molecule has 1 amide bonds. The first kappa shape index (κ1) is 19.4. The molecule has 160 valence electrons. The number of fused-ring (bicyclic) bond motifs is 4. The van der Waals surface area contributed by atoms with Crippen molar-refractivity contribution in [2.75, 3.05) is 19.4 Å². The Labute approximate surface area is 175 Å². The molecular weight excluding hydrogens is 410 g/mol. The topological polar surface area (TPSA) is 99.8 Å². The summed E-state index contributed by atoms with van der Waals surface area (Å²) in [4.78, 5) is 23.3. The van der Waals surface area contributed by atoms with Crippen molar-refractivity contribution in [2.24, 2.45) is 0 Å². The van der Waals surface area contributed by atoms with E-state index in [1.165, 1.54) is 23.2 Å². The highest BCUT2D eigenvalue weighted by molar-refractivity contribution is 5.97. The van der Waals surface area contributed by atoms with Crippen LogP contribution in [0.25, 0.3) is 10.9 Å². The third-order valence-corrected chi connectivity index (χ3v) is 5.59. The van der Waals surface area contributed by atoms with Gasteiger partial charge in [-0.15, -0.1) is 0 Å². The van der Waals surface area contributed by atoms with E-state index in [9.17, 15) is 13.6 Å². The number of likely N-dealkylation sites (N-methyl/N-ethyl adjacent to an activating group) is 1. The summed E-state index contributed by atoms with van der Waals surface area (Å²) in [6.07, 6.45) is 1.53. The summed E-state index contributed by atoms with van der Waals surface area (Å²) in [5, 5.41) is 0.783. The molecule has 3 aromatic rings. The normalized spacial score (nSPS) is 16.8. The number of amides is 1. The van der Waals surface area contributed by atoms with Crippen molar-refractivity contribution in [2.45, 2.75) is 25.9 Å². The largest absolute Gasteiger partial charge is 0.491 e. The molecule has 2 N–H and O–H groups in total. The Bertz CT molecular complexity index is 1200. The fourth-order valence-electron chi connectivity index (χ4n) is 3.98. The molecule has 0 aliphatic carbocycles. The number of pyridine rings is 2. The number of anilines is 1. The van der Waals surface area contributed by atoms with Crippen LogP contribution in [0.1, 0.15) is 33.2 Å². The minimum absolute atomic E-state index is 0.00224. The molecule has 8 nitrogen and oxygen atoms in total. The lowest BCUT2D eigenvalue weighted by Gasteiger charge is -2.23. The van der Waals surface area contributed by atoms with Crippen LogP contribution in [-0.4, -0.2) is 41.0 Å². The standard InChI is InChI=1S/C21H18F2N4O4/c1-27(17-9-30-18-4-10(31-21(22)23)2-3-11(17)18)20(28)15-5-12-13-7-29-8-14(13)19(24)26-16(12)6-25-15/h2-6,17,21H,7-9H2,1H3,(H2,24,26)/t17-/m1/s1. The molecule has 0 spiro atoms. The van der Waals surface area contributed by atoms with Crippen molar-refractivity contribution in [1.29, 1.82) is 0 Å². The van der Waals surface area contributed by atoms with Crippen LogP contribution in [0.2, 0.25) is 0 Å². The van der Waals surface area contributed by atoms with Gasteiger partial charge in [0.1, 0.15) is 29.6 Å². The van der Waals surface area contributed by atoms with Gasteiger partial charge in [0.05, 0.1) is 31.0 Å². The van der Waals surface area contributed by atoms with E-state index in [2.05, 4.69) is 14.7 Å². The molecule has 0 bridgehead atoms. The minimum Gasteiger partial charge on any atom is -0.491 e. The molecule has 2 aromatic heterocycles. The Balaban J connectivity index is 1.44. The quantitative estimate of drug-likeness (QED) is 0.682. The van der Waals surface area contributed by atoms with Gasteiger partial charge in [-0.1, -0.05) is 0 Å². The van der Waals surface area contributed by atoms with Gasteiger partial charge >= 0.3 is 6.61 Å². The lowest BCUT2D eigenvalue weighted by atomic mass is 10.0. The van der Waals surface area contributed by atoms with E-state index in [-0.39, 0.29) is 30.0 Å². The molecule has 0 radical (unpaired) electrons. The maximum absolute atomic E-state index is 13.2. The van der Waals surface area contributed by atoms with E-state index < -0.39 is 6.61 Å². The van der Waals surface area contributed by atoms with Gasteiger partial charge in [0, 0.05) is 29.6 Å². The average Bonchev–Trinajstić information content (AvgIpc) is 3.40. The van der Waals surface area contributed by atoms with Crippen molar-refractivity contribution in [1.82, 2.24) is 14.9 Å². The van der Waals surface area contributed by atoms with Crippen LogP contribution in [-0.2, 0) is 18.0 Å². The van der Waals surface area contributed by atoms with Crippen LogP contribution in [0, 0.1) is 0 Å². The zero-order valence-electron chi connectivity index (χ0n) is 16.5. The smallest absolute Gasteiger partial charge is 0.387 e. The lowest BCUT2D eigenvalue weighted by molar-refractivity contribution is -0.0499. The third kappa shape index (κ3) is 3.28. The van der Waals surface area contributed by atoms with Crippen LogP contribution in [0.4, 0.5) is 14.6 Å². The van der Waals surface area contributed by atoms with E-state index in [0.29, 0.717) is 35.9 Å². The maximum atomic E-state index is 13.2. The van der Waals surface area contributed by atoms with Crippen molar-refractivity contribution in [3.63, 3.8) is 0 Å². The second-order valence-corrected chi connectivity index (χ2v) is 7.35. The fourth-order valence-corrected chi connectivity index (χ4v) is 3.98. The number of ether oxygens (including phenoxy) is 3. The van der Waals surface area contributed by atoms with Gasteiger partial charge in [-0.3, -0.25) is 4.79 Å². The van der Waals surface area contributed by atoms with Gasteiger partial charge < -0.3 is 24.8 Å². The van der Waals surface area contributed by atoms with E-state index in [1.807, 2.05) is 0 Å². The Kier molecular flexibility index (Phi) is 4.58. The first-order valence-corrected chi connectivity index (χ1v) is 9.56. The molecular formula is C21H18F2N4O4. The zero-order valence-corrected chi connectivity index (χ0v) is 16.5. The molecule has 4 heterocycles. The summed E-state index contributed by atoms with van der Waals surface area (Å²) < 4.78 is 40.4. The first-order chi connectivity index (χ1) is 14.9. The van der Waals surface area contributed by atoms with Gasteiger partial charge in [0.2, 0.25) is 0 Å². The number of hydrogen-bond acceptors (Lipinski definition) is 7. The van der Waals surface area contributed by atoms with Gasteiger partial charge in [0.15, 0.2) is 0 Å². The van der Waals surface area contributed by atoms with Crippen LogP contribution < -0.4 is 15.2 Å². The van der Waals surface area contributed by atoms with E-state index in [0.717, 1.165) is 16.5 Å². The van der Waals surface area contributed by atoms with Crippen molar-refractivity contribution >= 4 is 22.6 Å². The highest BCUT2D eigenvalue weighted by Crippen LogP contribution is 2.39. The average molecular weight is 428 g/mol. The molecule has 31 heavy (non-hydrogen) atoms. The van der Waals surface area contributed by atoms with Gasteiger partial charge in [-0.05, 0) is 23.8 Å². The number of rotatable bonds is 4. The number of benzene rings is 1. The van der Waals surface area contributed by atoms with E-state index in [1.54, 1.807) is 19.2 Å². The summed E-state index contributed by atoms with van der Waals surface area (Å²) in [6, 6.07) is 5.76. The Morgan fingerprint density at radius 2 is 2.10 bits per heavy atom. The molecule has 0 fully saturated rings. The summed E-state index contributed by atoms with van der Waals surface area (Å²) in [7, 11) is 1.65. The number of halogens is 2. The molecule has 0 unspecified atom stereocenters. The highest BCUT2D eigenvalue weighted by atomic mass is 19.3. The summed E-state index contributed by atoms with van der Waals surface area (Å²) >= 11 is 0.